The van der Waals surface area contributed by atoms with Crippen LogP contribution < -0.4 is 5.73 Å². The van der Waals surface area contributed by atoms with Crippen LogP contribution in [0.4, 0.5) is 0 Å². The lowest BCUT2D eigenvalue weighted by Gasteiger charge is -2.47. The van der Waals surface area contributed by atoms with Gasteiger partial charge in [-0.2, -0.15) is 0 Å². The van der Waals surface area contributed by atoms with E-state index < -0.39 is 0 Å². The first kappa shape index (κ1) is 16.7. The van der Waals surface area contributed by atoms with Crippen molar-refractivity contribution >= 4 is 0 Å². The minimum atomic E-state index is 0.207. The van der Waals surface area contributed by atoms with Crippen LogP contribution in [0.2, 0.25) is 0 Å². The van der Waals surface area contributed by atoms with Crippen LogP contribution in [-0.4, -0.2) is 29.6 Å². The van der Waals surface area contributed by atoms with E-state index in [1.807, 2.05) is 6.08 Å². The van der Waals surface area contributed by atoms with Gasteiger partial charge in [0.1, 0.15) is 0 Å². The molecule has 2 unspecified atom stereocenters. The summed E-state index contributed by atoms with van der Waals surface area (Å²) in [7, 11) is 0. The first-order valence-corrected chi connectivity index (χ1v) is 8.26. The van der Waals surface area contributed by atoms with Gasteiger partial charge in [0, 0.05) is 11.6 Å². The molecule has 0 amide bonds. The van der Waals surface area contributed by atoms with Crippen molar-refractivity contribution in [1.29, 1.82) is 0 Å². The lowest BCUT2D eigenvalue weighted by atomic mass is 9.83. The van der Waals surface area contributed by atoms with Crippen molar-refractivity contribution in [2.75, 3.05) is 13.1 Å². The molecule has 0 saturated carbocycles. The molecule has 1 aliphatic heterocycles. The second kappa shape index (κ2) is 8.76. The molecule has 0 radical (unpaired) electrons. The Morgan fingerprint density at radius 3 is 2.47 bits per heavy atom. The number of rotatable bonds is 9. The van der Waals surface area contributed by atoms with Crippen LogP contribution in [0.3, 0.4) is 0 Å². The van der Waals surface area contributed by atoms with Crippen LogP contribution >= 0.6 is 0 Å². The normalized spacial score (nSPS) is 21.8. The number of hydrogen-bond donors (Lipinski definition) is 1. The summed E-state index contributed by atoms with van der Waals surface area (Å²) in [6.45, 7) is 10.9. The number of nitrogens with two attached hydrogens (primary N) is 1. The summed E-state index contributed by atoms with van der Waals surface area (Å²) in [5.74, 6) is 0. The maximum atomic E-state index is 6.55. The predicted molar refractivity (Wildman–Crippen MR) is 85.4 cm³/mol. The summed E-state index contributed by atoms with van der Waals surface area (Å²) in [5.41, 5.74) is 6.75. The van der Waals surface area contributed by atoms with Gasteiger partial charge in [0.25, 0.3) is 0 Å². The van der Waals surface area contributed by atoms with Gasteiger partial charge in [-0.05, 0) is 58.5 Å². The monoisotopic (exact) mass is 266 g/mol. The molecule has 112 valence electrons. The first-order chi connectivity index (χ1) is 9.15. The van der Waals surface area contributed by atoms with E-state index in [1.54, 1.807) is 0 Å². The maximum Gasteiger partial charge on any atom is 0.0329 e. The lowest BCUT2D eigenvalue weighted by Crippen LogP contribution is -2.59. The van der Waals surface area contributed by atoms with Crippen molar-refractivity contribution in [3.63, 3.8) is 0 Å². The van der Waals surface area contributed by atoms with Crippen molar-refractivity contribution < 1.29 is 0 Å². The zero-order chi connectivity index (χ0) is 14.1. The molecule has 0 aliphatic carbocycles. The average molecular weight is 266 g/mol. The smallest absolute Gasteiger partial charge is 0.0329 e. The van der Waals surface area contributed by atoms with E-state index in [-0.39, 0.29) is 5.54 Å². The molecule has 0 aromatic heterocycles. The number of allylic oxidation sites excluding steroid dienone is 1. The highest BCUT2D eigenvalue weighted by molar-refractivity contribution is 4.95. The van der Waals surface area contributed by atoms with Crippen LogP contribution in [0, 0.1) is 0 Å². The third-order valence-corrected chi connectivity index (χ3v) is 5.02. The zero-order valence-electron chi connectivity index (χ0n) is 13.2. The maximum absolute atomic E-state index is 6.55. The fraction of sp³-hybridized carbons (Fsp3) is 0.882. The van der Waals surface area contributed by atoms with Gasteiger partial charge >= 0.3 is 0 Å². The number of nitrogens with zero attached hydrogens (tertiary/aromatic N) is 1. The summed E-state index contributed by atoms with van der Waals surface area (Å²) in [4.78, 5) is 2.66. The van der Waals surface area contributed by atoms with Gasteiger partial charge in [-0.3, -0.25) is 4.90 Å². The summed E-state index contributed by atoms with van der Waals surface area (Å²) in [5, 5.41) is 0. The molecule has 1 saturated heterocycles. The van der Waals surface area contributed by atoms with Gasteiger partial charge in [-0.1, -0.05) is 32.3 Å². The van der Waals surface area contributed by atoms with Crippen LogP contribution in [-0.2, 0) is 0 Å². The fourth-order valence-electron chi connectivity index (χ4n) is 3.27. The Hall–Kier alpha value is -0.340. The zero-order valence-corrected chi connectivity index (χ0v) is 13.2. The molecular weight excluding hydrogens is 232 g/mol. The van der Waals surface area contributed by atoms with E-state index in [9.17, 15) is 0 Å². The molecule has 19 heavy (non-hydrogen) atoms. The van der Waals surface area contributed by atoms with E-state index in [0.29, 0.717) is 6.04 Å². The fourth-order valence-corrected chi connectivity index (χ4v) is 3.27. The molecule has 2 N–H and O–H groups in total. The van der Waals surface area contributed by atoms with E-state index in [4.69, 9.17) is 5.73 Å². The van der Waals surface area contributed by atoms with Crippen molar-refractivity contribution in [2.45, 2.75) is 83.2 Å². The molecule has 0 aromatic rings. The van der Waals surface area contributed by atoms with Crippen LogP contribution in [0.25, 0.3) is 0 Å². The Balaban J connectivity index is 2.40. The lowest BCUT2D eigenvalue weighted by molar-refractivity contribution is 0.0514. The highest BCUT2D eigenvalue weighted by atomic mass is 15.2. The molecule has 0 aromatic carbocycles. The molecule has 0 bridgehead atoms. The highest BCUT2D eigenvalue weighted by Crippen LogP contribution is 2.28. The van der Waals surface area contributed by atoms with Gasteiger partial charge in [0.15, 0.2) is 0 Å². The SMILES string of the molecule is C=CCCCCCC(N)C(C)(CC)N1CCCCC1. The first-order valence-electron chi connectivity index (χ1n) is 8.26. The summed E-state index contributed by atoms with van der Waals surface area (Å²) in [6, 6.07) is 0.319. The third-order valence-electron chi connectivity index (χ3n) is 5.02. The van der Waals surface area contributed by atoms with Crippen molar-refractivity contribution in [3.8, 4) is 0 Å². The predicted octanol–water partition coefficient (Wildman–Crippen LogP) is 4.10. The molecule has 1 rings (SSSR count). The van der Waals surface area contributed by atoms with Gasteiger partial charge in [0.05, 0.1) is 0 Å². The standard InChI is InChI=1S/C17H34N2/c1-4-6-7-8-10-13-16(18)17(3,5-2)19-14-11-9-12-15-19/h4,16H,1,5-15,18H2,2-3H3. The number of piperidine rings is 1. The Morgan fingerprint density at radius 2 is 1.89 bits per heavy atom. The molecule has 2 heteroatoms. The Kier molecular flexibility index (Phi) is 7.70. The molecule has 1 heterocycles. The quantitative estimate of drug-likeness (QED) is 0.503. The van der Waals surface area contributed by atoms with E-state index in [1.165, 1.54) is 58.0 Å². The van der Waals surface area contributed by atoms with Crippen molar-refractivity contribution in [1.82, 2.24) is 4.90 Å². The Bertz CT molecular complexity index is 246. The molecule has 2 atom stereocenters. The van der Waals surface area contributed by atoms with E-state index in [2.05, 4.69) is 25.3 Å². The second-order valence-corrected chi connectivity index (χ2v) is 6.29. The molecule has 1 fully saturated rings. The minimum absolute atomic E-state index is 0.207. The van der Waals surface area contributed by atoms with Gasteiger partial charge in [-0.15, -0.1) is 6.58 Å². The van der Waals surface area contributed by atoms with Crippen LogP contribution in [0.1, 0.15) is 71.6 Å². The van der Waals surface area contributed by atoms with Crippen LogP contribution in [0.15, 0.2) is 12.7 Å². The highest BCUT2D eigenvalue weighted by Gasteiger charge is 2.36. The summed E-state index contributed by atoms with van der Waals surface area (Å²) < 4.78 is 0. The molecular formula is C17H34N2. The van der Waals surface area contributed by atoms with E-state index in [0.717, 1.165) is 12.8 Å². The van der Waals surface area contributed by atoms with Gasteiger partial charge in [0.2, 0.25) is 0 Å². The van der Waals surface area contributed by atoms with Gasteiger partial charge < -0.3 is 5.73 Å². The third kappa shape index (κ3) is 4.92. The molecule has 0 spiro atoms. The average Bonchev–Trinajstić information content (AvgIpc) is 2.46. The number of unbranched alkanes of at least 4 members (excludes halogenated alkanes) is 3. The van der Waals surface area contributed by atoms with Crippen LogP contribution in [0.5, 0.6) is 0 Å². The largest absolute Gasteiger partial charge is 0.326 e. The summed E-state index contributed by atoms with van der Waals surface area (Å²) >= 11 is 0. The Morgan fingerprint density at radius 1 is 1.21 bits per heavy atom. The minimum Gasteiger partial charge on any atom is -0.326 e. The van der Waals surface area contributed by atoms with E-state index >= 15 is 0 Å². The number of hydrogen-bond acceptors (Lipinski definition) is 2. The topological polar surface area (TPSA) is 29.3 Å². The second-order valence-electron chi connectivity index (χ2n) is 6.29. The molecule has 2 nitrogen and oxygen atoms in total. The van der Waals surface area contributed by atoms with Gasteiger partial charge in [-0.25, -0.2) is 0 Å². The Labute approximate surface area is 120 Å². The van der Waals surface area contributed by atoms with Crippen molar-refractivity contribution in [3.05, 3.63) is 12.7 Å². The molecule has 1 aliphatic rings. The van der Waals surface area contributed by atoms with Crippen molar-refractivity contribution in [2.24, 2.45) is 5.73 Å². The summed E-state index contributed by atoms with van der Waals surface area (Å²) in [6.07, 6.45) is 13.4. The number of likely N-dealkylation sites (tertiary alicyclic amines) is 1.